The summed E-state index contributed by atoms with van der Waals surface area (Å²) in [7, 11) is 0. The lowest BCUT2D eigenvalue weighted by atomic mass is 10.2. The van der Waals surface area contributed by atoms with Crippen molar-refractivity contribution >= 4 is 17.3 Å². The number of benzene rings is 1. The van der Waals surface area contributed by atoms with Crippen molar-refractivity contribution < 1.29 is 18.0 Å². The van der Waals surface area contributed by atoms with Gasteiger partial charge in [0.15, 0.2) is 6.39 Å². The first-order valence-corrected chi connectivity index (χ1v) is 4.95. The van der Waals surface area contributed by atoms with E-state index in [-0.39, 0.29) is 17.1 Å². The van der Waals surface area contributed by atoms with Gasteiger partial charge in [-0.05, 0) is 13.0 Å². The number of nitrogens with one attached hydrogen (secondary N) is 1. The summed E-state index contributed by atoms with van der Waals surface area (Å²) in [5.41, 5.74) is 5.16. The third-order valence-corrected chi connectivity index (χ3v) is 2.29. The van der Waals surface area contributed by atoms with E-state index in [1.54, 1.807) is 6.92 Å². The predicted molar refractivity (Wildman–Crippen MR) is 60.0 cm³/mol. The Balaban J connectivity index is 2.28. The number of hydrogen-bond acceptors (Lipinski definition) is 4. The molecule has 0 aliphatic rings. The van der Waals surface area contributed by atoms with E-state index >= 15 is 0 Å². The first-order chi connectivity index (χ1) is 8.49. The van der Waals surface area contributed by atoms with Crippen LogP contribution in [0.25, 0.3) is 0 Å². The third-order valence-electron chi connectivity index (χ3n) is 2.29. The van der Waals surface area contributed by atoms with Crippen LogP contribution in [0.4, 0.5) is 20.2 Å². The number of oxazole rings is 1. The third kappa shape index (κ3) is 2.15. The van der Waals surface area contributed by atoms with E-state index in [0.29, 0.717) is 11.8 Å². The zero-order chi connectivity index (χ0) is 13.3. The van der Waals surface area contributed by atoms with Gasteiger partial charge in [-0.1, -0.05) is 0 Å². The molecule has 1 amide bonds. The van der Waals surface area contributed by atoms with Gasteiger partial charge in [-0.2, -0.15) is 0 Å². The van der Waals surface area contributed by atoms with E-state index < -0.39 is 17.5 Å². The Bertz CT molecular complexity index is 610. The van der Waals surface area contributed by atoms with Crippen molar-refractivity contribution in [2.45, 2.75) is 6.92 Å². The molecular weight excluding hydrogens is 244 g/mol. The molecule has 18 heavy (non-hydrogen) atoms. The van der Waals surface area contributed by atoms with Crippen LogP contribution in [0.5, 0.6) is 0 Å². The molecule has 0 aliphatic heterocycles. The summed E-state index contributed by atoms with van der Waals surface area (Å²) >= 11 is 0. The van der Waals surface area contributed by atoms with Gasteiger partial charge in [0.2, 0.25) is 5.76 Å². The Morgan fingerprint density at radius 3 is 2.72 bits per heavy atom. The molecule has 0 radical (unpaired) electrons. The van der Waals surface area contributed by atoms with Crippen LogP contribution in [0.3, 0.4) is 0 Å². The molecule has 3 N–H and O–H groups in total. The van der Waals surface area contributed by atoms with Crippen LogP contribution < -0.4 is 11.1 Å². The Labute approximate surface area is 101 Å². The summed E-state index contributed by atoms with van der Waals surface area (Å²) in [6.45, 7) is 1.56. The van der Waals surface area contributed by atoms with Crippen molar-refractivity contribution in [2.24, 2.45) is 0 Å². The normalized spacial score (nSPS) is 10.4. The molecule has 7 heteroatoms. The second-order valence-corrected chi connectivity index (χ2v) is 3.57. The lowest BCUT2D eigenvalue weighted by Gasteiger charge is -2.06. The average Bonchev–Trinajstić information content (AvgIpc) is 2.72. The number of nitrogens with zero attached hydrogens (tertiary/aromatic N) is 1. The number of amides is 1. The summed E-state index contributed by atoms with van der Waals surface area (Å²) in [4.78, 5) is 15.4. The number of nitrogen functional groups attached to an aromatic ring is 1. The van der Waals surface area contributed by atoms with Crippen molar-refractivity contribution in [2.75, 3.05) is 11.1 Å². The van der Waals surface area contributed by atoms with E-state index in [2.05, 4.69) is 10.3 Å². The van der Waals surface area contributed by atoms with Crippen molar-refractivity contribution in [3.05, 3.63) is 41.6 Å². The van der Waals surface area contributed by atoms with Crippen LogP contribution in [-0.2, 0) is 0 Å². The van der Waals surface area contributed by atoms with E-state index in [4.69, 9.17) is 10.2 Å². The highest BCUT2D eigenvalue weighted by atomic mass is 19.1. The van der Waals surface area contributed by atoms with Gasteiger partial charge in [0.1, 0.15) is 11.6 Å². The van der Waals surface area contributed by atoms with Gasteiger partial charge >= 0.3 is 0 Å². The average molecular weight is 253 g/mol. The highest BCUT2D eigenvalue weighted by Crippen LogP contribution is 2.21. The van der Waals surface area contributed by atoms with Crippen molar-refractivity contribution in [3.63, 3.8) is 0 Å². The van der Waals surface area contributed by atoms with E-state index in [1.165, 1.54) is 0 Å². The number of rotatable bonds is 2. The molecule has 0 aliphatic carbocycles. The summed E-state index contributed by atoms with van der Waals surface area (Å²) in [6.07, 6.45) is 1.10. The number of halogens is 2. The van der Waals surface area contributed by atoms with Crippen LogP contribution >= 0.6 is 0 Å². The first kappa shape index (κ1) is 12.0. The highest BCUT2D eigenvalue weighted by Gasteiger charge is 2.16. The second kappa shape index (κ2) is 4.44. The molecule has 2 aromatic rings. The molecule has 1 aromatic carbocycles. The van der Waals surface area contributed by atoms with Gasteiger partial charge in [0.05, 0.1) is 17.1 Å². The molecular formula is C11H9F2N3O2. The lowest BCUT2D eigenvalue weighted by molar-refractivity contribution is 0.0995. The van der Waals surface area contributed by atoms with E-state index in [0.717, 1.165) is 12.5 Å². The molecule has 0 atom stereocenters. The Hall–Kier alpha value is -2.44. The summed E-state index contributed by atoms with van der Waals surface area (Å²) in [5.74, 6) is -2.54. The fourth-order valence-corrected chi connectivity index (χ4v) is 1.36. The number of nitrogens with two attached hydrogens (primary N) is 1. The van der Waals surface area contributed by atoms with Crippen molar-refractivity contribution in [1.29, 1.82) is 0 Å². The number of carbonyl (C=O) groups excluding carboxylic acids is 1. The number of anilines is 2. The molecule has 0 saturated carbocycles. The molecule has 1 aromatic heterocycles. The SMILES string of the molecule is Cc1ncoc1C(=O)Nc1cc(N)c(F)cc1F. The van der Waals surface area contributed by atoms with Gasteiger partial charge in [0.25, 0.3) is 5.91 Å². The number of aryl methyl sites for hydroxylation is 1. The molecule has 0 fully saturated rings. The maximum Gasteiger partial charge on any atom is 0.293 e. The summed E-state index contributed by atoms with van der Waals surface area (Å²) in [6, 6.07) is 1.59. The minimum Gasteiger partial charge on any atom is -0.438 e. The molecule has 94 valence electrons. The largest absolute Gasteiger partial charge is 0.438 e. The maximum absolute atomic E-state index is 13.4. The maximum atomic E-state index is 13.4. The van der Waals surface area contributed by atoms with Crippen LogP contribution in [0.15, 0.2) is 22.9 Å². The fraction of sp³-hybridized carbons (Fsp3) is 0.0909. The Morgan fingerprint density at radius 2 is 2.11 bits per heavy atom. The van der Waals surface area contributed by atoms with Crippen molar-refractivity contribution in [1.82, 2.24) is 4.98 Å². The lowest BCUT2D eigenvalue weighted by Crippen LogP contribution is -2.14. The predicted octanol–water partition coefficient (Wildman–Crippen LogP) is 2.10. The molecule has 0 spiro atoms. The molecule has 0 bridgehead atoms. The number of hydrogen-bond donors (Lipinski definition) is 2. The van der Waals surface area contributed by atoms with Gasteiger partial charge < -0.3 is 15.5 Å². The molecule has 0 saturated heterocycles. The molecule has 1 heterocycles. The zero-order valence-corrected chi connectivity index (χ0v) is 9.33. The standard InChI is InChI=1S/C11H9F2N3O2/c1-5-10(18-4-15-5)11(17)16-9-3-8(14)6(12)2-7(9)13/h2-4H,14H2,1H3,(H,16,17). The summed E-state index contributed by atoms with van der Waals surface area (Å²) < 4.78 is 31.1. The summed E-state index contributed by atoms with van der Waals surface area (Å²) in [5, 5.41) is 2.23. The van der Waals surface area contributed by atoms with Gasteiger partial charge in [-0.25, -0.2) is 13.8 Å². The minimum atomic E-state index is -0.924. The monoisotopic (exact) mass is 253 g/mol. The molecule has 0 unspecified atom stereocenters. The smallest absolute Gasteiger partial charge is 0.293 e. The molecule has 2 rings (SSSR count). The number of aromatic nitrogens is 1. The number of carbonyl (C=O) groups is 1. The van der Waals surface area contributed by atoms with Gasteiger partial charge in [-0.15, -0.1) is 0 Å². The molecule has 5 nitrogen and oxygen atoms in total. The zero-order valence-electron chi connectivity index (χ0n) is 9.33. The van der Waals surface area contributed by atoms with Crippen LogP contribution in [0.1, 0.15) is 16.2 Å². The second-order valence-electron chi connectivity index (χ2n) is 3.57. The Morgan fingerprint density at radius 1 is 1.39 bits per heavy atom. The van der Waals surface area contributed by atoms with Crippen LogP contribution in [0, 0.1) is 18.6 Å². The quantitative estimate of drug-likeness (QED) is 0.803. The van der Waals surface area contributed by atoms with Gasteiger partial charge in [0, 0.05) is 6.07 Å². The van der Waals surface area contributed by atoms with Crippen LogP contribution in [0.2, 0.25) is 0 Å². The highest BCUT2D eigenvalue weighted by molar-refractivity contribution is 6.03. The van der Waals surface area contributed by atoms with E-state index in [1.807, 2.05) is 0 Å². The van der Waals surface area contributed by atoms with E-state index in [9.17, 15) is 13.6 Å². The topological polar surface area (TPSA) is 81.2 Å². The first-order valence-electron chi connectivity index (χ1n) is 4.95. The Kier molecular flexibility index (Phi) is 2.97. The fourth-order valence-electron chi connectivity index (χ4n) is 1.36. The van der Waals surface area contributed by atoms with Crippen molar-refractivity contribution in [3.8, 4) is 0 Å². The van der Waals surface area contributed by atoms with Crippen LogP contribution in [-0.4, -0.2) is 10.9 Å². The minimum absolute atomic E-state index is 0.0442. The van der Waals surface area contributed by atoms with Gasteiger partial charge in [-0.3, -0.25) is 4.79 Å².